The van der Waals surface area contributed by atoms with Gasteiger partial charge in [-0.05, 0) is 36.4 Å². The van der Waals surface area contributed by atoms with Gasteiger partial charge in [0.1, 0.15) is 11.3 Å². The summed E-state index contributed by atoms with van der Waals surface area (Å²) in [6.07, 6.45) is 6.53. The largest absolute Gasteiger partial charge is 0.346 e. The molecule has 0 aliphatic rings. The summed E-state index contributed by atoms with van der Waals surface area (Å²) in [5.41, 5.74) is 3.11. The van der Waals surface area contributed by atoms with Crippen LogP contribution in [0.1, 0.15) is 0 Å². The van der Waals surface area contributed by atoms with Crippen LogP contribution in [0.4, 0.5) is 0 Å². The van der Waals surface area contributed by atoms with Crippen molar-refractivity contribution in [2.75, 3.05) is 6.26 Å². The fourth-order valence-electron chi connectivity index (χ4n) is 2.45. The van der Waals surface area contributed by atoms with Crippen LogP contribution in [0.5, 0.6) is 0 Å². The Bertz CT molecular complexity index is 1130. The maximum absolute atomic E-state index is 11.5. The molecule has 0 aliphatic heterocycles. The molecule has 0 fully saturated rings. The molecule has 0 amide bonds. The zero-order valence-corrected chi connectivity index (χ0v) is 13.5. The van der Waals surface area contributed by atoms with E-state index in [9.17, 15) is 8.42 Å². The maximum Gasteiger partial charge on any atom is 0.175 e. The number of nitrogens with one attached hydrogen (secondary N) is 1. The molecule has 0 atom stereocenters. The molecule has 0 radical (unpaired) electrons. The summed E-state index contributed by atoms with van der Waals surface area (Å²) in [5.74, 6) is 0. The van der Waals surface area contributed by atoms with Gasteiger partial charge in [0.05, 0.1) is 16.8 Å². The lowest BCUT2D eigenvalue weighted by Gasteiger charge is -2.02. The van der Waals surface area contributed by atoms with Crippen LogP contribution in [-0.2, 0) is 9.84 Å². The van der Waals surface area contributed by atoms with E-state index in [1.54, 1.807) is 41.3 Å². The number of hydrogen-bond donors (Lipinski definition) is 1. The molecule has 0 saturated heterocycles. The monoisotopic (exact) mass is 339 g/mol. The normalized spacial score (nSPS) is 11.9. The van der Waals surface area contributed by atoms with Crippen molar-refractivity contribution in [2.24, 2.45) is 0 Å². The molecule has 1 aromatic carbocycles. The molecule has 3 heterocycles. The molecule has 24 heavy (non-hydrogen) atoms. The van der Waals surface area contributed by atoms with Gasteiger partial charge >= 0.3 is 0 Å². The lowest BCUT2D eigenvalue weighted by Crippen LogP contribution is -1.99. The molecule has 1 N–H and O–H groups in total. The van der Waals surface area contributed by atoms with Gasteiger partial charge in [-0.3, -0.25) is 0 Å². The van der Waals surface area contributed by atoms with Crippen LogP contribution in [0.15, 0.2) is 59.9 Å². The zero-order valence-electron chi connectivity index (χ0n) is 12.7. The molecule has 3 aromatic heterocycles. The number of aromatic amines is 1. The van der Waals surface area contributed by atoms with Gasteiger partial charge in [-0.1, -0.05) is 5.21 Å². The maximum atomic E-state index is 11.5. The predicted octanol–water partition coefficient (Wildman–Crippen LogP) is 2.21. The summed E-state index contributed by atoms with van der Waals surface area (Å²) in [7, 11) is -3.21. The molecule has 8 heteroatoms. The average Bonchev–Trinajstić information content (AvgIpc) is 3.22. The molecule has 7 nitrogen and oxygen atoms in total. The number of nitrogens with zero attached hydrogens (tertiary/aromatic N) is 4. The number of fused-ring (bicyclic) bond motifs is 1. The minimum absolute atomic E-state index is 0.272. The molecule has 120 valence electrons. The third kappa shape index (κ3) is 2.56. The van der Waals surface area contributed by atoms with Crippen LogP contribution in [0, 0.1) is 0 Å². The first-order chi connectivity index (χ1) is 11.5. The highest BCUT2D eigenvalue weighted by Gasteiger charge is 2.09. The Balaban J connectivity index is 1.69. The van der Waals surface area contributed by atoms with Crippen molar-refractivity contribution in [2.45, 2.75) is 4.90 Å². The van der Waals surface area contributed by atoms with Gasteiger partial charge in [-0.15, -0.1) is 5.10 Å². The number of pyridine rings is 1. The Morgan fingerprint density at radius 2 is 1.92 bits per heavy atom. The standard InChI is InChI=1S/C16H13N5O2S/c1-24(22,23)14-4-2-13(3-5-14)21-10-15(19-20-21)12-8-11-6-7-17-16(11)18-9-12/h2-10H,1H3,(H,17,18). The highest BCUT2D eigenvalue weighted by molar-refractivity contribution is 7.90. The van der Waals surface area contributed by atoms with Gasteiger partial charge in [0.2, 0.25) is 0 Å². The third-order valence-electron chi connectivity index (χ3n) is 3.72. The molecule has 0 saturated carbocycles. The summed E-state index contributed by atoms with van der Waals surface area (Å²) in [4.78, 5) is 7.66. The fourth-order valence-corrected chi connectivity index (χ4v) is 3.08. The Hall–Kier alpha value is -3.00. The number of H-pyrrole nitrogens is 1. The molecular weight excluding hydrogens is 326 g/mol. The molecule has 0 aliphatic carbocycles. The smallest absolute Gasteiger partial charge is 0.175 e. The van der Waals surface area contributed by atoms with Crippen molar-refractivity contribution in [1.82, 2.24) is 25.0 Å². The first-order valence-electron chi connectivity index (χ1n) is 7.17. The van der Waals surface area contributed by atoms with Gasteiger partial charge in [-0.2, -0.15) is 0 Å². The summed E-state index contributed by atoms with van der Waals surface area (Å²) in [5, 5.41) is 9.27. The van der Waals surface area contributed by atoms with Crippen molar-refractivity contribution in [1.29, 1.82) is 0 Å². The summed E-state index contributed by atoms with van der Waals surface area (Å²) < 4.78 is 24.6. The van der Waals surface area contributed by atoms with E-state index in [4.69, 9.17) is 0 Å². The highest BCUT2D eigenvalue weighted by atomic mass is 32.2. The first-order valence-corrected chi connectivity index (χ1v) is 9.06. The second-order valence-electron chi connectivity index (χ2n) is 5.45. The van der Waals surface area contributed by atoms with Gasteiger partial charge in [-0.25, -0.2) is 18.1 Å². The van der Waals surface area contributed by atoms with Crippen LogP contribution in [0.2, 0.25) is 0 Å². The lowest BCUT2D eigenvalue weighted by atomic mass is 10.2. The van der Waals surface area contributed by atoms with Crippen LogP contribution < -0.4 is 0 Å². The van der Waals surface area contributed by atoms with Crippen molar-refractivity contribution < 1.29 is 8.42 Å². The van der Waals surface area contributed by atoms with Gasteiger partial charge in [0.15, 0.2) is 9.84 Å². The Morgan fingerprint density at radius 3 is 2.67 bits per heavy atom. The van der Waals surface area contributed by atoms with Crippen molar-refractivity contribution >= 4 is 20.9 Å². The summed E-state index contributed by atoms with van der Waals surface area (Å²) in [6.45, 7) is 0. The highest BCUT2D eigenvalue weighted by Crippen LogP contribution is 2.21. The van der Waals surface area contributed by atoms with Crippen LogP contribution >= 0.6 is 0 Å². The van der Waals surface area contributed by atoms with Crippen molar-refractivity contribution in [3.05, 3.63) is 55.0 Å². The van der Waals surface area contributed by atoms with Crippen molar-refractivity contribution in [3.8, 4) is 16.9 Å². The van der Waals surface area contributed by atoms with E-state index in [1.165, 1.54) is 6.26 Å². The molecule has 4 rings (SSSR count). The van der Waals surface area contributed by atoms with Crippen LogP contribution in [0.3, 0.4) is 0 Å². The van der Waals surface area contributed by atoms with E-state index in [0.717, 1.165) is 22.3 Å². The Kier molecular flexibility index (Phi) is 3.20. The van der Waals surface area contributed by atoms with E-state index in [1.807, 2.05) is 18.3 Å². The molecular formula is C16H13N5O2S. The number of benzene rings is 1. The molecule has 0 spiro atoms. The van der Waals surface area contributed by atoms with E-state index in [0.29, 0.717) is 5.69 Å². The van der Waals surface area contributed by atoms with E-state index in [2.05, 4.69) is 20.3 Å². The predicted molar refractivity (Wildman–Crippen MR) is 89.6 cm³/mol. The number of sulfone groups is 1. The number of rotatable bonds is 3. The van der Waals surface area contributed by atoms with E-state index >= 15 is 0 Å². The van der Waals surface area contributed by atoms with Gasteiger partial charge in [0, 0.05) is 29.6 Å². The first kappa shape index (κ1) is 14.6. The third-order valence-corrected chi connectivity index (χ3v) is 4.85. The SMILES string of the molecule is CS(=O)(=O)c1ccc(-n2cc(-c3cnc4[nH]ccc4c3)nn2)cc1. The molecule has 4 aromatic rings. The number of aromatic nitrogens is 5. The minimum Gasteiger partial charge on any atom is -0.346 e. The molecule has 0 bridgehead atoms. The van der Waals surface area contributed by atoms with Gasteiger partial charge < -0.3 is 4.98 Å². The fraction of sp³-hybridized carbons (Fsp3) is 0.0625. The molecule has 0 unspecified atom stereocenters. The van der Waals surface area contributed by atoms with Crippen molar-refractivity contribution in [3.63, 3.8) is 0 Å². The second kappa shape index (κ2) is 5.27. The van der Waals surface area contributed by atoms with Gasteiger partial charge in [0.25, 0.3) is 0 Å². The van der Waals surface area contributed by atoms with Crippen LogP contribution in [-0.4, -0.2) is 39.6 Å². The topological polar surface area (TPSA) is 93.5 Å². The summed E-state index contributed by atoms with van der Waals surface area (Å²) in [6, 6.07) is 10.4. The lowest BCUT2D eigenvalue weighted by molar-refractivity contribution is 0.602. The van der Waals surface area contributed by atoms with E-state index in [-0.39, 0.29) is 4.90 Å². The Morgan fingerprint density at radius 1 is 1.12 bits per heavy atom. The number of hydrogen-bond acceptors (Lipinski definition) is 5. The summed E-state index contributed by atoms with van der Waals surface area (Å²) >= 11 is 0. The average molecular weight is 339 g/mol. The minimum atomic E-state index is -3.21. The van der Waals surface area contributed by atoms with Crippen LogP contribution in [0.25, 0.3) is 28.0 Å². The van der Waals surface area contributed by atoms with E-state index < -0.39 is 9.84 Å². The second-order valence-corrected chi connectivity index (χ2v) is 7.47. The zero-order chi connectivity index (χ0) is 16.7. The Labute approximate surface area is 137 Å². The quantitative estimate of drug-likeness (QED) is 0.618.